The van der Waals surface area contributed by atoms with Crippen molar-refractivity contribution in [3.05, 3.63) is 29.8 Å². The van der Waals surface area contributed by atoms with E-state index in [1.54, 1.807) is 19.3 Å². The highest BCUT2D eigenvalue weighted by molar-refractivity contribution is 5.91. The molecule has 0 bridgehead atoms. The minimum Gasteiger partial charge on any atom is -0.493 e. The topological polar surface area (TPSA) is 50.8 Å². The molecule has 144 valence electrons. The Bertz CT molecular complexity index is 579. The van der Waals surface area contributed by atoms with Crippen molar-refractivity contribution >= 4 is 12.0 Å². The molecule has 1 amide bonds. The second-order valence-corrected chi connectivity index (χ2v) is 6.58. The van der Waals surface area contributed by atoms with Gasteiger partial charge in [-0.1, -0.05) is 18.9 Å². The zero-order chi connectivity index (χ0) is 18.6. The average Bonchev–Trinajstić information content (AvgIpc) is 2.93. The Balaban J connectivity index is 1.73. The van der Waals surface area contributed by atoms with Gasteiger partial charge in [-0.3, -0.25) is 4.79 Å². The summed E-state index contributed by atoms with van der Waals surface area (Å²) in [7, 11) is 1.62. The van der Waals surface area contributed by atoms with Gasteiger partial charge in [-0.15, -0.1) is 0 Å². The Morgan fingerprint density at radius 1 is 1.19 bits per heavy atom. The van der Waals surface area contributed by atoms with Crippen LogP contribution in [0, 0.1) is 0 Å². The first-order valence-electron chi connectivity index (χ1n) is 9.72. The molecule has 26 heavy (non-hydrogen) atoms. The lowest BCUT2D eigenvalue weighted by Gasteiger charge is -2.19. The number of likely N-dealkylation sites (tertiary alicyclic amines) is 1. The first-order valence-corrected chi connectivity index (χ1v) is 9.72. The van der Waals surface area contributed by atoms with Crippen LogP contribution in [0.3, 0.4) is 0 Å². The number of nitrogens with one attached hydrogen (secondary N) is 1. The van der Waals surface area contributed by atoms with Gasteiger partial charge in [-0.25, -0.2) is 0 Å². The van der Waals surface area contributed by atoms with Crippen molar-refractivity contribution < 1.29 is 14.3 Å². The van der Waals surface area contributed by atoms with Crippen LogP contribution in [0.4, 0.5) is 0 Å². The number of hydrogen-bond acceptors (Lipinski definition) is 4. The summed E-state index contributed by atoms with van der Waals surface area (Å²) >= 11 is 0. The van der Waals surface area contributed by atoms with E-state index in [4.69, 9.17) is 9.47 Å². The Hall–Kier alpha value is -2.01. The maximum atomic E-state index is 12.0. The molecular formula is C21H32N2O3. The molecule has 0 saturated carbocycles. The molecule has 1 aliphatic rings. The summed E-state index contributed by atoms with van der Waals surface area (Å²) in [6.45, 7) is 6.69. The molecule has 1 aliphatic heterocycles. The highest BCUT2D eigenvalue weighted by atomic mass is 16.5. The Morgan fingerprint density at radius 2 is 1.96 bits per heavy atom. The van der Waals surface area contributed by atoms with Crippen LogP contribution in [0.25, 0.3) is 6.08 Å². The summed E-state index contributed by atoms with van der Waals surface area (Å²) in [5.41, 5.74) is 0.911. The Labute approximate surface area is 157 Å². The number of benzene rings is 1. The van der Waals surface area contributed by atoms with Gasteiger partial charge in [0.05, 0.1) is 13.7 Å². The molecule has 0 spiro atoms. The van der Waals surface area contributed by atoms with Crippen LogP contribution in [-0.4, -0.2) is 50.7 Å². The van der Waals surface area contributed by atoms with Gasteiger partial charge in [0, 0.05) is 12.6 Å². The normalized spacial score (nSPS) is 15.6. The van der Waals surface area contributed by atoms with E-state index < -0.39 is 0 Å². The summed E-state index contributed by atoms with van der Waals surface area (Å²) in [6, 6.07) is 5.64. The van der Waals surface area contributed by atoms with Gasteiger partial charge < -0.3 is 19.7 Å². The molecule has 1 aromatic carbocycles. The summed E-state index contributed by atoms with van der Waals surface area (Å²) in [5, 5.41) is 2.96. The number of nitrogens with zero attached hydrogens (tertiary/aromatic N) is 1. The fourth-order valence-electron chi connectivity index (χ4n) is 3.17. The zero-order valence-electron chi connectivity index (χ0n) is 16.1. The molecule has 0 aromatic heterocycles. The van der Waals surface area contributed by atoms with Crippen LogP contribution in [-0.2, 0) is 4.79 Å². The highest BCUT2D eigenvalue weighted by Gasteiger charge is 2.08. The van der Waals surface area contributed by atoms with Gasteiger partial charge in [0.25, 0.3) is 0 Å². The van der Waals surface area contributed by atoms with Crippen molar-refractivity contribution in [1.29, 1.82) is 0 Å². The van der Waals surface area contributed by atoms with Gasteiger partial charge >= 0.3 is 0 Å². The van der Waals surface area contributed by atoms with E-state index >= 15 is 0 Å². The van der Waals surface area contributed by atoms with Crippen molar-refractivity contribution in [2.45, 2.75) is 39.0 Å². The zero-order valence-corrected chi connectivity index (χ0v) is 16.1. The number of carbonyl (C=O) groups excluding carboxylic acids is 1. The molecule has 5 heteroatoms. The van der Waals surface area contributed by atoms with Gasteiger partial charge in [0.2, 0.25) is 5.91 Å². The SMILES string of the molecule is CCOc1cc(C=CC(=O)NCCCN2CCCCCC2)ccc1OC. The van der Waals surface area contributed by atoms with E-state index in [0.29, 0.717) is 24.7 Å². The number of methoxy groups -OCH3 is 1. The predicted octanol–water partition coefficient (Wildman–Crippen LogP) is 3.49. The molecule has 1 aromatic rings. The van der Waals surface area contributed by atoms with E-state index in [2.05, 4.69) is 10.2 Å². The Morgan fingerprint density at radius 3 is 2.65 bits per heavy atom. The second kappa shape index (κ2) is 11.6. The van der Waals surface area contributed by atoms with E-state index in [0.717, 1.165) is 18.5 Å². The molecule has 0 radical (unpaired) electrons. The second-order valence-electron chi connectivity index (χ2n) is 6.58. The summed E-state index contributed by atoms with van der Waals surface area (Å²) in [6.07, 6.45) is 9.69. The maximum absolute atomic E-state index is 12.0. The maximum Gasteiger partial charge on any atom is 0.243 e. The fourth-order valence-corrected chi connectivity index (χ4v) is 3.17. The predicted molar refractivity (Wildman–Crippen MR) is 106 cm³/mol. The number of amides is 1. The van der Waals surface area contributed by atoms with Crippen LogP contribution in [0.15, 0.2) is 24.3 Å². The lowest BCUT2D eigenvalue weighted by molar-refractivity contribution is -0.116. The molecule has 1 saturated heterocycles. The van der Waals surface area contributed by atoms with Crippen LogP contribution in [0.1, 0.15) is 44.6 Å². The van der Waals surface area contributed by atoms with Crippen LogP contribution >= 0.6 is 0 Å². The minimum absolute atomic E-state index is 0.0605. The van der Waals surface area contributed by atoms with Gasteiger partial charge in [0.1, 0.15) is 0 Å². The molecule has 0 atom stereocenters. The average molecular weight is 360 g/mol. The van der Waals surface area contributed by atoms with Gasteiger partial charge in [0.15, 0.2) is 11.5 Å². The van der Waals surface area contributed by atoms with Crippen molar-refractivity contribution in [2.24, 2.45) is 0 Å². The standard InChI is InChI=1S/C21H32N2O3/c1-3-26-20-17-18(9-11-19(20)25-2)10-12-21(24)22-13-8-16-23-14-6-4-5-7-15-23/h9-12,17H,3-8,13-16H2,1-2H3,(H,22,24). The third-order valence-corrected chi connectivity index (χ3v) is 4.56. The molecule has 1 heterocycles. The molecule has 5 nitrogen and oxygen atoms in total. The lowest BCUT2D eigenvalue weighted by Crippen LogP contribution is -2.30. The lowest BCUT2D eigenvalue weighted by atomic mass is 10.2. The molecule has 1 N–H and O–H groups in total. The third kappa shape index (κ3) is 7.08. The largest absolute Gasteiger partial charge is 0.493 e. The fraction of sp³-hybridized carbons (Fsp3) is 0.571. The first kappa shape index (κ1) is 20.3. The molecule has 0 aliphatic carbocycles. The van der Waals surface area contributed by atoms with Gasteiger partial charge in [-0.05, 0) is 69.6 Å². The number of ether oxygens (including phenoxy) is 2. The quantitative estimate of drug-likeness (QED) is 0.541. The van der Waals surface area contributed by atoms with Crippen molar-refractivity contribution in [1.82, 2.24) is 10.2 Å². The highest BCUT2D eigenvalue weighted by Crippen LogP contribution is 2.28. The van der Waals surface area contributed by atoms with E-state index in [-0.39, 0.29) is 5.91 Å². The van der Waals surface area contributed by atoms with Crippen molar-refractivity contribution in [3.8, 4) is 11.5 Å². The van der Waals surface area contributed by atoms with Crippen molar-refractivity contribution in [3.63, 3.8) is 0 Å². The van der Waals surface area contributed by atoms with Crippen LogP contribution in [0.5, 0.6) is 11.5 Å². The monoisotopic (exact) mass is 360 g/mol. The summed E-state index contributed by atoms with van der Waals surface area (Å²) in [5.74, 6) is 1.33. The van der Waals surface area contributed by atoms with Crippen LogP contribution in [0.2, 0.25) is 0 Å². The molecule has 0 unspecified atom stereocenters. The molecular weight excluding hydrogens is 328 g/mol. The third-order valence-electron chi connectivity index (χ3n) is 4.56. The first-order chi connectivity index (χ1) is 12.7. The number of rotatable bonds is 9. The van der Waals surface area contributed by atoms with E-state index in [1.165, 1.54) is 38.8 Å². The number of carbonyl (C=O) groups is 1. The summed E-state index contributed by atoms with van der Waals surface area (Å²) < 4.78 is 10.8. The van der Waals surface area contributed by atoms with Crippen LogP contribution < -0.4 is 14.8 Å². The minimum atomic E-state index is -0.0605. The summed E-state index contributed by atoms with van der Waals surface area (Å²) in [4.78, 5) is 14.5. The molecule has 1 fully saturated rings. The van der Waals surface area contributed by atoms with Crippen molar-refractivity contribution in [2.75, 3.05) is 39.9 Å². The smallest absolute Gasteiger partial charge is 0.243 e. The number of hydrogen-bond donors (Lipinski definition) is 1. The van der Waals surface area contributed by atoms with Gasteiger partial charge in [-0.2, -0.15) is 0 Å². The molecule has 2 rings (SSSR count). The Kier molecular flexibility index (Phi) is 9.04. The van der Waals surface area contributed by atoms with E-state index in [9.17, 15) is 4.79 Å². The van der Waals surface area contributed by atoms with E-state index in [1.807, 2.05) is 25.1 Å².